The number of aliphatic carboxylic acids is 3. The Balaban J connectivity index is 0. The van der Waals surface area contributed by atoms with Crippen LogP contribution in [0, 0.1) is 0 Å². The molecule has 0 aromatic heterocycles. The van der Waals surface area contributed by atoms with Crippen LogP contribution in [0.2, 0.25) is 0 Å². The monoisotopic (exact) mass is 422 g/mol. The number of aliphatic hydroxyl groups is 2. The lowest BCUT2D eigenvalue weighted by Crippen LogP contribution is -2.42. The molecule has 0 aromatic rings. The molecule has 9 heteroatoms. The van der Waals surface area contributed by atoms with E-state index in [2.05, 4.69) is 11.7 Å². The average molecular weight is 423 g/mol. The molecular formula is C20H38O9. The maximum absolute atomic E-state index is 10.3. The molecular weight excluding hydrogens is 384 g/mol. The lowest BCUT2D eigenvalue weighted by molar-refractivity contribution is -0.170. The number of epoxide rings is 1. The Labute approximate surface area is 172 Å². The molecule has 0 unspecified atom stereocenters. The van der Waals surface area contributed by atoms with Gasteiger partial charge in [0.15, 0.2) is 5.60 Å². The van der Waals surface area contributed by atoms with Crippen LogP contribution < -0.4 is 0 Å². The van der Waals surface area contributed by atoms with Crippen LogP contribution in [0.4, 0.5) is 0 Å². The van der Waals surface area contributed by atoms with Gasteiger partial charge in [-0.25, -0.2) is 4.79 Å². The molecule has 1 fully saturated rings. The van der Waals surface area contributed by atoms with Crippen LogP contribution in [0.1, 0.15) is 84.0 Å². The molecule has 1 saturated heterocycles. The van der Waals surface area contributed by atoms with Gasteiger partial charge in [0.25, 0.3) is 0 Å². The predicted octanol–water partition coefficient (Wildman–Crippen LogP) is 2.67. The molecule has 0 aliphatic carbocycles. The van der Waals surface area contributed by atoms with E-state index in [1.54, 1.807) is 0 Å². The predicted molar refractivity (Wildman–Crippen MR) is 107 cm³/mol. The minimum Gasteiger partial charge on any atom is -0.481 e. The molecule has 1 aliphatic rings. The number of rotatable bonds is 15. The molecule has 1 aliphatic heterocycles. The Morgan fingerprint density at radius 3 is 1.34 bits per heavy atom. The van der Waals surface area contributed by atoms with Crippen molar-refractivity contribution in [3.05, 3.63) is 0 Å². The minimum atomic E-state index is -2.74. The number of aliphatic hydroxyl groups excluding tert-OH is 1. The van der Waals surface area contributed by atoms with Gasteiger partial charge < -0.3 is 30.3 Å². The molecule has 5 N–H and O–H groups in total. The molecule has 0 radical (unpaired) electrons. The summed E-state index contributed by atoms with van der Waals surface area (Å²) in [6.45, 7) is 4.63. The largest absolute Gasteiger partial charge is 0.481 e. The van der Waals surface area contributed by atoms with E-state index in [0.717, 1.165) is 19.6 Å². The number of carbonyl (C=O) groups is 3. The Hall–Kier alpha value is -1.71. The van der Waals surface area contributed by atoms with E-state index in [1.165, 1.54) is 57.8 Å². The van der Waals surface area contributed by atoms with E-state index in [1.807, 2.05) is 0 Å². The number of hydrogen-bond acceptors (Lipinski definition) is 6. The van der Waals surface area contributed by atoms with Crippen molar-refractivity contribution in [1.29, 1.82) is 0 Å². The van der Waals surface area contributed by atoms with Gasteiger partial charge in [0.2, 0.25) is 0 Å². The first-order chi connectivity index (χ1) is 13.7. The van der Waals surface area contributed by atoms with Crippen molar-refractivity contribution < 1.29 is 44.7 Å². The molecule has 1 heterocycles. The summed E-state index contributed by atoms with van der Waals surface area (Å²) < 4.78 is 4.50. The molecule has 0 spiro atoms. The number of ether oxygens (including phenoxy) is 1. The molecule has 0 saturated carbocycles. The first-order valence-corrected chi connectivity index (χ1v) is 10.3. The summed E-state index contributed by atoms with van der Waals surface area (Å²) in [7, 11) is 0. The Kier molecular flexibility index (Phi) is 19.9. The second-order valence-corrected chi connectivity index (χ2v) is 7.00. The molecule has 29 heavy (non-hydrogen) atoms. The fourth-order valence-corrected chi connectivity index (χ4v) is 2.31. The van der Waals surface area contributed by atoms with E-state index in [-0.39, 0.29) is 0 Å². The van der Waals surface area contributed by atoms with E-state index in [4.69, 9.17) is 25.5 Å². The summed E-state index contributed by atoms with van der Waals surface area (Å²) in [6.07, 6.45) is 11.0. The highest BCUT2D eigenvalue weighted by Gasteiger charge is 2.40. The Morgan fingerprint density at radius 1 is 0.759 bits per heavy atom. The third kappa shape index (κ3) is 24.3. The van der Waals surface area contributed by atoms with Crippen molar-refractivity contribution in [2.45, 2.75) is 89.6 Å². The van der Waals surface area contributed by atoms with Crippen LogP contribution in [0.5, 0.6) is 0 Å². The van der Waals surface area contributed by atoms with Gasteiger partial charge in [-0.15, -0.1) is 0 Å². The summed E-state index contributed by atoms with van der Waals surface area (Å²) in [5.41, 5.74) is -2.74. The summed E-state index contributed by atoms with van der Waals surface area (Å²) in [6, 6.07) is 0. The SMILES string of the molecule is C1CO1.CCCCCCCCCCCCO.O=C(O)CC(O)(CC(=O)O)C(=O)O. The van der Waals surface area contributed by atoms with E-state index < -0.39 is 36.4 Å². The zero-order chi connectivity index (χ0) is 22.5. The van der Waals surface area contributed by atoms with Gasteiger partial charge in [-0.1, -0.05) is 64.7 Å². The molecule has 0 aromatic carbocycles. The van der Waals surface area contributed by atoms with Crippen molar-refractivity contribution in [1.82, 2.24) is 0 Å². The highest BCUT2D eigenvalue weighted by Crippen LogP contribution is 2.15. The van der Waals surface area contributed by atoms with Crippen LogP contribution in [-0.4, -0.2) is 68.9 Å². The van der Waals surface area contributed by atoms with Gasteiger partial charge in [0, 0.05) is 6.61 Å². The van der Waals surface area contributed by atoms with Crippen molar-refractivity contribution >= 4 is 17.9 Å². The molecule has 1 rings (SSSR count). The average Bonchev–Trinajstić information content (AvgIpc) is 3.48. The molecule has 0 bridgehead atoms. The summed E-state index contributed by atoms with van der Waals surface area (Å²) >= 11 is 0. The van der Waals surface area contributed by atoms with Gasteiger partial charge in [0.1, 0.15) is 0 Å². The topological polar surface area (TPSA) is 165 Å². The van der Waals surface area contributed by atoms with Crippen molar-refractivity contribution in [3.63, 3.8) is 0 Å². The second-order valence-electron chi connectivity index (χ2n) is 7.00. The van der Waals surface area contributed by atoms with Crippen molar-refractivity contribution in [2.75, 3.05) is 19.8 Å². The van der Waals surface area contributed by atoms with E-state index in [0.29, 0.717) is 6.61 Å². The first kappa shape index (κ1) is 29.5. The van der Waals surface area contributed by atoms with Gasteiger partial charge >= 0.3 is 17.9 Å². The zero-order valence-electron chi connectivity index (χ0n) is 17.5. The lowest BCUT2D eigenvalue weighted by Gasteiger charge is -2.18. The van der Waals surface area contributed by atoms with Crippen molar-refractivity contribution in [3.8, 4) is 0 Å². The van der Waals surface area contributed by atoms with Crippen LogP contribution in [0.15, 0.2) is 0 Å². The number of unbranched alkanes of at least 4 members (excludes halogenated alkanes) is 9. The molecule has 0 amide bonds. The molecule has 172 valence electrons. The summed E-state index contributed by atoms with van der Waals surface area (Å²) in [5.74, 6) is -5.02. The number of hydrogen-bond donors (Lipinski definition) is 5. The third-order valence-corrected chi connectivity index (χ3v) is 4.00. The maximum atomic E-state index is 10.3. The highest BCUT2D eigenvalue weighted by atomic mass is 16.6. The van der Waals surface area contributed by atoms with Crippen molar-refractivity contribution in [2.24, 2.45) is 0 Å². The zero-order valence-corrected chi connectivity index (χ0v) is 17.5. The maximum Gasteiger partial charge on any atom is 0.336 e. The highest BCUT2D eigenvalue weighted by molar-refractivity contribution is 5.88. The number of carboxylic acids is 3. The van der Waals surface area contributed by atoms with Gasteiger partial charge in [-0.2, -0.15) is 0 Å². The third-order valence-electron chi connectivity index (χ3n) is 4.00. The lowest BCUT2D eigenvalue weighted by atomic mass is 9.96. The minimum absolute atomic E-state index is 0.372. The van der Waals surface area contributed by atoms with E-state index >= 15 is 0 Å². The fraction of sp³-hybridized carbons (Fsp3) is 0.850. The smallest absolute Gasteiger partial charge is 0.336 e. The first-order valence-electron chi connectivity index (χ1n) is 10.3. The van der Waals surface area contributed by atoms with Gasteiger partial charge in [0.05, 0.1) is 26.1 Å². The molecule has 9 nitrogen and oxygen atoms in total. The van der Waals surface area contributed by atoms with Gasteiger partial charge in [-0.3, -0.25) is 9.59 Å². The Bertz CT molecular complexity index is 407. The second kappa shape index (κ2) is 19.6. The summed E-state index contributed by atoms with van der Waals surface area (Å²) in [4.78, 5) is 30.5. The quantitative estimate of drug-likeness (QED) is 0.197. The summed E-state index contributed by atoms with van der Waals surface area (Å²) in [5, 5.41) is 42.4. The molecule has 0 atom stereocenters. The van der Waals surface area contributed by atoms with Gasteiger partial charge in [-0.05, 0) is 6.42 Å². The van der Waals surface area contributed by atoms with Crippen LogP contribution in [0.3, 0.4) is 0 Å². The fourth-order valence-electron chi connectivity index (χ4n) is 2.31. The van der Waals surface area contributed by atoms with E-state index in [9.17, 15) is 14.4 Å². The van der Waals surface area contributed by atoms with Crippen LogP contribution in [0.25, 0.3) is 0 Å². The van der Waals surface area contributed by atoms with Crippen LogP contribution in [-0.2, 0) is 19.1 Å². The van der Waals surface area contributed by atoms with Crippen LogP contribution >= 0.6 is 0 Å². The normalized spacial score (nSPS) is 12.1. The number of carboxylic acid groups (broad SMARTS) is 3. The standard InChI is InChI=1S/C12H26O.C6H8O7.C2H4O/c1-2-3-4-5-6-7-8-9-10-11-12-13;7-3(8)1-6(13,5(11)12)2-4(9)10;1-2-3-1/h13H,2-12H2,1H3;13H,1-2H2,(H,7,8)(H,9,10)(H,11,12);1-2H2. The Morgan fingerprint density at radius 2 is 1.10 bits per heavy atom.